The minimum absolute atomic E-state index is 0.0566. The van der Waals surface area contributed by atoms with Crippen LogP contribution in [0.5, 0.6) is 0 Å². The van der Waals surface area contributed by atoms with Gasteiger partial charge in [0.1, 0.15) is 21.4 Å². The highest BCUT2D eigenvalue weighted by Gasteiger charge is 2.24. The number of nitrogens with zero attached hydrogens (tertiary/aromatic N) is 2. The summed E-state index contributed by atoms with van der Waals surface area (Å²) in [6.07, 6.45) is 3.22. The number of aromatic amines is 2. The van der Waals surface area contributed by atoms with E-state index in [1.165, 1.54) is 22.2 Å². The molecule has 3 heterocycles. The first-order chi connectivity index (χ1) is 13.8. The second-order valence-corrected chi connectivity index (χ2v) is 9.40. The van der Waals surface area contributed by atoms with Gasteiger partial charge in [-0.25, -0.2) is 14.8 Å². The third kappa shape index (κ3) is 3.99. The summed E-state index contributed by atoms with van der Waals surface area (Å²) in [4.78, 5) is 51.8. The lowest BCUT2D eigenvalue weighted by atomic mass is 9.89. The second kappa shape index (κ2) is 7.75. The van der Waals surface area contributed by atoms with Gasteiger partial charge in [0.05, 0.1) is 5.75 Å². The van der Waals surface area contributed by atoms with Crippen LogP contribution in [0.25, 0.3) is 10.2 Å². The van der Waals surface area contributed by atoms with E-state index in [9.17, 15) is 14.4 Å². The highest BCUT2D eigenvalue weighted by atomic mass is 32.2. The van der Waals surface area contributed by atoms with E-state index < -0.39 is 11.2 Å². The van der Waals surface area contributed by atoms with Crippen LogP contribution in [0.1, 0.15) is 35.3 Å². The Hall–Kier alpha value is -2.46. The number of hydrogen-bond acceptors (Lipinski definition) is 7. The summed E-state index contributed by atoms with van der Waals surface area (Å²) < 4.78 is 0. The van der Waals surface area contributed by atoms with Crippen molar-refractivity contribution in [1.29, 1.82) is 0 Å². The van der Waals surface area contributed by atoms with Gasteiger partial charge in [-0.2, -0.15) is 0 Å². The predicted octanol–water partition coefficient (Wildman–Crippen LogP) is 2.54. The van der Waals surface area contributed by atoms with Gasteiger partial charge in [-0.15, -0.1) is 11.3 Å². The van der Waals surface area contributed by atoms with Crippen LogP contribution in [-0.4, -0.2) is 31.6 Å². The molecule has 3 N–H and O–H groups in total. The van der Waals surface area contributed by atoms with Crippen molar-refractivity contribution in [2.24, 2.45) is 5.92 Å². The van der Waals surface area contributed by atoms with Crippen molar-refractivity contribution in [2.75, 3.05) is 11.1 Å². The highest BCUT2D eigenvalue weighted by molar-refractivity contribution is 8.00. The van der Waals surface area contributed by atoms with E-state index in [0.29, 0.717) is 17.4 Å². The number of carbonyl (C=O) groups excluding carboxylic acids is 1. The molecule has 4 rings (SSSR count). The third-order valence-corrected chi connectivity index (χ3v) is 7.09. The molecule has 0 unspecified atom stereocenters. The average molecular weight is 432 g/mol. The van der Waals surface area contributed by atoms with E-state index in [2.05, 4.69) is 32.2 Å². The van der Waals surface area contributed by atoms with Crippen LogP contribution in [0.4, 0.5) is 5.69 Å². The van der Waals surface area contributed by atoms with Crippen LogP contribution >= 0.6 is 23.1 Å². The minimum atomic E-state index is -0.620. The number of H-pyrrole nitrogens is 2. The molecule has 3 aromatic rings. The number of amides is 1. The number of carbonyl (C=O) groups is 1. The lowest BCUT2D eigenvalue weighted by molar-refractivity contribution is -0.113. The normalized spacial score (nSPS) is 16.0. The maximum atomic E-state index is 12.4. The fourth-order valence-electron chi connectivity index (χ4n) is 3.57. The standard InChI is InChI=1S/C19H21N5O3S2/c1-8-4-5-11-12(6-8)29-18-14(11)17(21-10(3)22-18)28-7-13(25)23-15-9(2)20-19(27)24-16(15)26/h8H,4-7H2,1-3H3,(H,23,25)(H2,20,24,26,27)/t8-/m0/s1. The third-order valence-electron chi connectivity index (χ3n) is 4.97. The molecule has 152 valence electrons. The molecule has 0 bridgehead atoms. The zero-order valence-corrected chi connectivity index (χ0v) is 18.0. The Bertz CT molecular complexity index is 1230. The molecule has 3 aromatic heterocycles. The van der Waals surface area contributed by atoms with Gasteiger partial charge in [-0.05, 0) is 44.6 Å². The number of aryl methyl sites for hydroxylation is 3. The zero-order chi connectivity index (χ0) is 20.7. The Balaban J connectivity index is 1.58. The molecule has 1 atom stereocenters. The Labute approximate surface area is 174 Å². The van der Waals surface area contributed by atoms with Crippen molar-refractivity contribution in [3.8, 4) is 0 Å². The molecule has 0 spiro atoms. The number of thiophene rings is 1. The predicted molar refractivity (Wildman–Crippen MR) is 115 cm³/mol. The lowest BCUT2D eigenvalue weighted by Crippen LogP contribution is -2.29. The number of fused-ring (bicyclic) bond motifs is 3. The molecule has 10 heteroatoms. The van der Waals surface area contributed by atoms with Crippen LogP contribution in [0.15, 0.2) is 14.6 Å². The van der Waals surface area contributed by atoms with Crippen molar-refractivity contribution in [2.45, 2.75) is 45.1 Å². The van der Waals surface area contributed by atoms with Gasteiger partial charge in [0.15, 0.2) is 0 Å². The molecule has 0 saturated heterocycles. The topological polar surface area (TPSA) is 121 Å². The van der Waals surface area contributed by atoms with Crippen molar-refractivity contribution >= 4 is 44.9 Å². The van der Waals surface area contributed by atoms with E-state index in [0.717, 1.165) is 34.5 Å². The molecule has 1 amide bonds. The second-order valence-electron chi connectivity index (χ2n) is 7.35. The maximum Gasteiger partial charge on any atom is 0.326 e. The van der Waals surface area contributed by atoms with Gasteiger partial charge in [-0.1, -0.05) is 18.7 Å². The van der Waals surface area contributed by atoms with Crippen LogP contribution in [0.3, 0.4) is 0 Å². The maximum absolute atomic E-state index is 12.4. The number of aromatic nitrogens is 4. The fourth-order valence-corrected chi connectivity index (χ4v) is 5.97. The van der Waals surface area contributed by atoms with E-state index in [4.69, 9.17) is 0 Å². The van der Waals surface area contributed by atoms with Crippen molar-refractivity contribution in [3.05, 3.63) is 42.8 Å². The summed E-state index contributed by atoms with van der Waals surface area (Å²) in [5.74, 6) is 1.12. The number of anilines is 1. The number of thioether (sulfide) groups is 1. The Morgan fingerprint density at radius 1 is 1.28 bits per heavy atom. The Morgan fingerprint density at radius 2 is 2.07 bits per heavy atom. The van der Waals surface area contributed by atoms with Crippen LogP contribution < -0.4 is 16.6 Å². The molecule has 0 fully saturated rings. The van der Waals surface area contributed by atoms with Crippen LogP contribution in [0, 0.1) is 19.8 Å². The van der Waals surface area contributed by atoms with E-state index in [-0.39, 0.29) is 17.3 Å². The lowest BCUT2D eigenvalue weighted by Gasteiger charge is -2.18. The highest BCUT2D eigenvalue weighted by Crippen LogP contribution is 2.40. The molecular weight excluding hydrogens is 410 g/mol. The summed E-state index contributed by atoms with van der Waals surface area (Å²) >= 11 is 3.07. The average Bonchev–Trinajstić information content (AvgIpc) is 2.99. The SMILES string of the molecule is Cc1nc(SCC(=O)Nc2c(C)[nH]c(=O)[nH]c2=O)c2c3c(sc2n1)C[C@@H](C)CC3. The summed E-state index contributed by atoms with van der Waals surface area (Å²) in [5, 5.41) is 4.46. The minimum Gasteiger partial charge on any atom is -0.319 e. The smallest absolute Gasteiger partial charge is 0.319 e. The molecule has 8 nitrogen and oxygen atoms in total. The molecule has 1 aliphatic carbocycles. The largest absolute Gasteiger partial charge is 0.326 e. The van der Waals surface area contributed by atoms with E-state index >= 15 is 0 Å². The van der Waals surface area contributed by atoms with Crippen molar-refractivity contribution in [1.82, 2.24) is 19.9 Å². The summed E-state index contributed by atoms with van der Waals surface area (Å²) in [6.45, 7) is 5.69. The van der Waals surface area contributed by atoms with Gasteiger partial charge < -0.3 is 10.3 Å². The van der Waals surface area contributed by atoms with Gasteiger partial charge in [0, 0.05) is 16.0 Å². The van der Waals surface area contributed by atoms with Crippen molar-refractivity contribution < 1.29 is 4.79 Å². The summed E-state index contributed by atoms with van der Waals surface area (Å²) in [7, 11) is 0. The molecule has 0 radical (unpaired) electrons. The first-order valence-electron chi connectivity index (χ1n) is 9.36. The van der Waals surface area contributed by atoms with Gasteiger partial charge in [0.25, 0.3) is 5.56 Å². The molecule has 0 saturated carbocycles. The Kier molecular flexibility index (Phi) is 5.30. The molecule has 0 aromatic carbocycles. The van der Waals surface area contributed by atoms with E-state index in [1.807, 2.05) is 6.92 Å². The summed E-state index contributed by atoms with van der Waals surface area (Å²) in [6, 6.07) is 0. The first kappa shape index (κ1) is 19.8. The Morgan fingerprint density at radius 3 is 2.83 bits per heavy atom. The number of rotatable bonds is 4. The zero-order valence-electron chi connectivity index (χ0n) is 16.3. The van der Waals surface area contributed by atoms with Crippen molar-refractivity contribution in [3.63, 3.8) is 0 Å². The quantitative estimate of drug-likeness (QED) is 0.431. The molecular formula is C19H21N5O3S2. The molecule has 0 aliphatic heterocycles. The van der Waals surface area contributed by atoms with Gasteiger partial charge >= 0.3 is 5.69 Å². The number of hydrogen-bond donors (Lipinski definition) is 3. The summed E-state index contributed by atoms with van der Waals surface area (Å²) in [5.41, 5.74) is 0.472. The van der Waals surface area contributed by atoms with E-state index in [1.54, 1.807) is 18.3 Å². The van der Waals surface area contributed by atoms with Gasteiger partial charge in [0.2, 0.25) is 5.91 Å². The molecule has 1 aliphatic rings. The van der Waals surface area contributed by atoms with Gasteiger partial charge in [-0.3, -0.25) is 14.6 Å². The van der Waals surface area contributed by atoms with Crippen LogP contribution in [-0.2, 0) is 17.6 Å². The number of nitrogens with one attached hydrogen (secondary N) is 3. The first-order valence-corrected chi connectivity index (χ1v) is 11.2. The fraction of sp³-hybridized carbons (Fsp3) is 0.421. The van der Waals surface area contributed by atoms with Crippen LogP contribution in [0.2, 0.25) is 0 Å². The monoisotopic (exact) mass is 431 g/mol. The molecule has 29 heavy (non-hydrogen) atoms.